The maximum atomic E-state index is 14.0. The molecular formula is C27H24Cl3N7O3. The van der Waals surface area contributed by atoms with Crippen LogP contribution in [0, 0.1) is 5.92 Å². The van der Waals surface area contributed by atoms with Crippen molar-refractivity contribution in [3.05, 3.63) is 79.3 Å². The summed E-state index contributed by atoms with van der Waals surface area (Å²) in [5, 5.41) is 4.21. The number of nitrogens with zero attached hydrogens (tertiary/aromatic N) is 4. The number of benzene rings is 2. The molecule has 2 aromatic carbocycles. The van der Waals surface area contributed by atoms with Crippen molar-refractivity contribution in [1.29, 1.82) is 0 Å². The average molecular weight is 601 g/mol. The van der Waals surface area contributed by atoms with Crippen LogP contribution in [0.4, 0.5) is 17.6 Å². The number of rotatable bonds is 7. The van der Waals surface area contributed by atoms with Gasteiger partial charge in [-0.2, -0.15) is 9.97 Å². The smallest absolute Gasteiger partial charge is 0.338 e. The number of nitrogens with one attached hydrogen (secondary N) is 1. The number of nitrogens with two attached hydrogens (primary N) is 2. The van der Waals surface area contributed by atoms with Crippen molar-refractivity contribution in [1.82, 2.24) is 19.5 Å². The van der Waals surface area contributed by atoms with Crippen molar-refractivity contribution in [2.45, 2.75) is 43.9 Å². The summed E-state index contributed by atoms with van der Waals surface area (Å²) in [4.78, 5) is 39.6. The van der Waals surface area contributed by atoms with Gasteiger partial charge in [-0.15, -0.1) is 0 Å². The third kappa shape index (κ3) is 4.91. The Morgan fingerprint density at radius 3 is 2.40 bits per heavy atom. The summed E-state index contributed by atoms with van der Waals surface area (Å²) < 4.78 is 7.33. The zero-order valence-corrected chi connectivity index (χ0v) is 23.2. The Morgan fingerprint density at radius 2 is 1.70 bits per heavy atom. The minimum Gasteiger partial charge on any atom is -0.459 e. The molecular weight excluding hydrogens is 577 g/mol. The van der Waals surface area contributed by atoms with Gasteiger partial charge >= 0.3 is 5.97 Å². The molecule has 40 heavy (non-hydrogen) atoms. The van der Waals surface area contributed by atoms with Crippen LogP contribution >= 0.6 is 34.8 Å². The van der Waals surface area contributed by atoms with E-state index in [1.807, 2.05) is 6.07 Å². The Bertz CT molecular complexity index is 1690. The number of hydrogen-bond acceptors (Lipinski definition) is 9. The number of ether oxygens (including phenoxy) is 1. The summed E-state index contributed by atoms with van der Waals surface area (Å²) in [6.45, 7) is 0. The monoisotopic (exact) mass is 599 g/mol. The number of carbonyl (C=O) groups excluding carboxylic acids is 1. The molecule has 2 aliphatic rings. The molecule has 2 heterocycles. The van der Waals surface area contributed by atoms with Gasteiger partial charge in [0.1, 0.15) is 22.8 Å². The van der Waals surface area contributed by atoms with Crippen LogP contribution in [0.1, 0.15) is 53.9 Å². The summed E-state index contributed by atoms with van der Waals surface area (Å²) in [6, 6.07) is 11.2. The van der Waals surface area contributed by atoms with Gasteiger partial charge in [-0.25, -0.2) is 9.78 Å². The minimum atomic E-state index is -0.468. The molecule has 0 radical (unpaired) electrons. The first-order valence-electron chi connectivity index (χ1n) is 12.7. The summed E-state index contributed by atoms with van der Waals surface area (Å²) in [7, 11) is 0. The van der Waals surface area contributed by atoms with E-state index < -0.39 is 12.0 Å². The largest absolute Gasteiger partial charge is 0.459 e. The van der Waals surface area contributed by atoms with Crippen molar-refractivity contribution in [3.8, 4) is 0 Å². The summed E-state index contributed by atoms with van der Waals surface area (Å²) in [5.41, 5.74) is 12.2. The van der Waals surface area contributed by atoms with E-state index in [1.54, 1.807) is 41.0 Å². The highest BCUT2D eigenvalue weighted by Gasteiger charge is 2.41. The highest BCUT2D eigenvalue weighted by molar-refractivity contribution is 6.39. The fourth-order valence-electron chi connectivity index (χ4n) is 5.01. The van der Waals surface area contributed by atoms with Gasteiger partial charge in [0.05, 0.1) is 32.6 Å². The molecule has 4 aromatic rings. The number of fused-ring (bicyclic) bond motifs is 1. The molecule has 2 aliphatic carbocycles. The lowest BCUT2D eigenvalue weighted by molar-refractivity contribution is -0.00922. The van der Waals surface area contributed by atoms with E-state index in [-0.39, 0.29) is 56.6 Å². The number of hydrogen-bond donors (Lipinski definition) is 3. The molecule has 2 fully saturated rings. The average Bonchev–Trinajstić information content (AvgIpc) is 3.75. The number of esters is 1. The Hall–Kier alpha value is -3.60. The van der Waals surface area contributed by atoms with Crippen molar-refractivity contribution in [2.75, 3.05) is 16.8 Å². The Balaban J connectivity index is 1.39. The van der Waals surface area contributed by atoms with Gasteiger partial charge in [-0.05, 0) is 43.0 Å². The topological polar surface area (TPSA) is 151 Å². The van der Waals surface area contributed by atoms with Gasteiger partial charge in [-0.3, -0.25) is 9.36 Å². The van der Waals surface area contributed by atoms with Gasteiger partial charge in [0, 0.05) is 18.9 Å². The van der Waals surface area contributed by atoms with Crippen molar-refractivity contribution in [3.63, 3.8) is 0 Å². The fourth-order valence-corrected chi connectivity index (χ4v) is 5.58. The van der Waals surface area contributed by atoms with E-state index in [1.165, 1.54) is 0 Å². The lowest BCUT2D eigenvalue weighted by Crippen LogP contribution is -2.42. The van der Waals surface area contributed by atoms with E-state index in [4.69, 9.17) is 56.0 Å². The first kappa shape index (κ1) is 26.6. The van der Waals surface area contributed by atoms with Crippen LogP contribution in [-0.2, 0) is 4.74 Å². The van der Waals surface area contributed by atoms with Crippen LogP contribution < -0.4 is 22.3 Å². The molecule has 206 valence electrons. The molecule has 0 amide bonds. The van der Waals surface area contributed by atoms with Crippen molar-refractivity contribution < 1.29 is 9.53 Å². The standard InChI is InChI=1S/C27H24Cl3N7O3/c28-16-8-9-17(29)21-18(16)25(38)37(14-10-15(11-14)40-26(39)13-4-2-1-3-5-13)24(34-21)20(12-6-7-12)33-23-19(30)22(31)35-27(32)36-23/h1-5,8-9,12,14-15,20H,6-7,10-11H2,(H5,31,32,33,35,36). The molecule has 0 spiro atoms. The van der Waals surface area contributed by atoms with E-state index >= 15 is 0 Å². The number of nitrogen functional groups attached to an aromatic ring is 2. The van der Waals surface area contributed by atoms with Crippen LogP contribution in [0.5, 0.6) is 0 Å². The summed E-state index contributed by atoms with van der Waals surface area (Å²) >= 11 is 19.4. The Kier molecular flexibility index (Phi) is 6.93. The minimum absolute atomic E-state index is 0.0342. The van der Waals surface area contributed by atoms with Crippen molar-refractivity contribution in [2.24, 2.45) is 5.92 Å². The lowest BCUT2D eigenvalue weighted by atomic mass is 9.88. The number of carbonyl (C=O) groups is 1. The molecule has 6 rings (SSSR count). The highest BCUT2D eigenvalue weighted by Crippen LogP contribution is 2.46. The second kappa shape index (κ2) is 10.4. The van der Waals surface area contributed by atoms with Gasteiger partial charge in [0.25, 0.3) is 5.56 Å². The van der Waals surface area contributed by atoms with E-state index in [0.717, 1.165) is 12.8 Å². The van der Waals surface area contributed by atoms with Gasteiger partial charge in [-0.1, -0.05) is 53.0 Å². The second-order valence-electron chi connectivity index (χ2n) is 10.0. The Morgan fingerprint density at radius 1 is 1.00 bits per heavy atom. The molecule has 13 heteroatoms. The van der Waals surface area contributed by atoms with Gasteiger partial charge < -0.3 is 21.5 Å². The van der Waals surface area contributed by atoms with Crippen LogP contribution in [0.15, 0.2) is 47.3 Å². The first-order chi connectivity index (χ1) is 19.2. The molecule has 1 atom stereocenters. The molecule has 5 N–H and O–H groups in total. The number of anilines is 3. The molecule has 2 saturated carbocycles. The van der Waals surface area contributed by atoms with E-state index in [2.05, 4.69) is 15.3 Å². The maximum Gasteiger partial charge on any atom is 0.338 e. The maximum absolute atomic E-state index is 14.0. The molecule has 0 bridgehead atoms. The van der Waals surface area contributed by atoms with Gasteiger partial charge in [0.2, 0.25) is 5.95 Å². The van der Waals surface area contributed by atoms with Crippen molar-refractivity contribution >= 4 is 69.3 Å². The number of halogens is 3. The lowest BCUT2D eigenvalue weighted by Gasteiger charge is -2.38. The molecule has 0 saturated heterocycles. The SMILES string of the molecule is Nc1nc(N)c(Cl)c(NC(c2nc3c(Cl)ccc(Cl)c3c(=O)n2C2CC(OC(=O)c3ccccc3)C2)C2CC2)n1. The van der Waals surface area contributed by atoms with E-state index in [9.17, 15) is 9.59 Å². The van der Waals surface area contributed by atoms with Crippen LogP contribution in [0.25, 0.3) is 10.9 Å². The van der Waals surface area contributed by atoms with Crippen LogP contribution in [-0.4, -0.2) is 31.6 Å². The van der Waals surface area contributed by atoms with Crippen LogP contribution in [0.3, 0.4) is 0 Å². The normalized spacial score (nSPS) is 19.2. The van der Waals surface area contributed by atoms with Gasteiger partial charge in [0.15, 0.2) is 5.82 Å². The van der Waals surface area contributed by atoms with Crippen LogP contribution in [0.2, 0.25) is 15.1 Å². The quantitative estimate of drug-likeness (QED) is 0.236. The zero-order valence-electron chi connectivity index (χ0n) is 21.0. The van der Waals surface area contributed by atoms with E-state index in [0.29, 0.717) is 34.8 Å². The highest BCUT2D eigenvalue weighted by atomic mass is 35.5. The summed E-state index contributed by atoms with van der Waals surface area (Å²) in [5.74, 6) is 0.411. The molecule has 10 nitrogen and oxygen atoms in total. The zero-order chi connectivity index (χ0) is 28.1. The third-order valence-electron chi connectivity index (χ3n) is 7.26. The third-order valence-corrected chi connectivity index (χ3v) is 8.25. The first-order valence-corrected chi connectivity index (χ1v) is 13.9. The summed E-state index contributed by atoms with van der Waals surface area (Å²) in [6.07, 6.45) is 2.30. The second-order valence-corrected chi connectivity index (χ2v) is 11.2. The fraction of sp³-hybridized carbons (Fsp3) is 0.296. The predicted molar refractivity (Wildman–Crippen MR) is 155 cm³/mol. The number of aromatic nitrogens is 4. The molecule has 2 aromatic heterocycles. The predicted octanol–water partition coefficient (Wildman–Crippen LogP) is 5.43. The molecule has 0 aliphatic heterocycles. The Labute approximate surface area is 243 Å². The molecule has 1 unspecified atom stereocenters.